The third-order valence-electron chi connectivity index (χ3n) is 3.09. The van der Waals surface area contributed by atoms with Gasteiger partial charge in [-0.05, 0) is 25.3 Å². The van der Waals surface area contributed by atoms with E-state index < -0.39 is 0 Å². The molecule has 3 rings (SSSR count). The van der Waals surface area contributed by atoms with Gasteiger partial charge in [-0.3, -0.25) is 0 Å². The molecule has 2 aromatic rings. The first-order chi connectivity index (χ1) is 8.43. The van der Waals surface area contributed by atoms with Crippen LogP contribution < -0.4 is 5.32 Å². The van der Waals surface area contributed by atoms with Crippen LogP contribution in [0.5, 0.6) is 0 Å². The average Bonchev–Trinajstić information content (AvgIpc) is 3.07. The number of hydrogen-bond acceptors (Lipinski definition) is 3. The molecule has 1 saturated carbocycles. The van der Waals surface area contributed by atoms with Crippen LogP contribution in [-0.2, 0) is 6.54 Å². The Morgan fingerprint density at radius 3 is 2.76 bits per heavy atom. The second-order valence-electron chi connectivity index (χ2n) is 4.56. The maximum atomic E-state index is 4.22. The second kappa shape index (κ2) is 4.67. The summed E-state index contributed by atoms with van der Waals surface area (Å²) in [5, 5.41) is 14.6. The van der Waals surface area contributed by atoms with Gasteiger partial charge in [0.1, 0.15) is 11.4 Å². The number of rotatable bonds is 5. The summed E-state index contributed by atoms with van der Waals surface area (Å²) in [7, 11) is 0. The maximum Gasteiger partial charge on any atom is 0.117 e. The number of hydrogen-bond donors (Lipinski definition) is 2. The van der Waals surface area contributed by atoms with Gasteiger partial charge in [0.15, 0.2) is 0 Å². The Morgan fingerprint density at radius 1 is 1.18 bits per heavy atom. The van der Waals surface area contributed by atoms with Crippen molar-refractivity contribution in [2.75, 3.05) is 6.54 Å². The van der Waals surface area contributed by atoms with Crippen molar-refractivity contribution in [3.63, 3.8) is 0 Å². The second-order valence-corrected chi connectivity index (χ2v) is 4.56. The van der Waals surface area contributed by atoms with Gasteiger partial charge in [-0.15, -0.1) is 0 Å². The Kier molecular flexibility index (Phi) is 2.88. The van der Waals surface area contributed by atoms with Gasteiger partial charge in [-0.2, -0.15) is 15.4 Å². The Labute approximate surface area is 100 Å². The van der Waals surface area contributed by atoms with Crippen LogP contribution in [0.1, 0.15) is 18.5 Å². The fraction of sp³-hybridized carbons (Fsp3) is 0.385. The number of aromatic amines is 1. The third-order valence-corrected chi connectivity index (χ3v) is 3.09. The highest BCUT2D eigenvalue weighted by Crippen LogP contribution is 2.27. The molecule has 4 nitrogen and oxygen atoms in total. The van der Waals surface area contributed by atoms with Crippen molar-refractivity contribution in [2.45, 2.75) is 19.4 Å². The number of nitrogens with one attached hydrogen (secondary N) is 2. The quantitative estimate of drug-likeness (QED) is 0.822. The molecule has 1 aliphatic rings. The minimum atomic E-state index is 0.789. The highest BCUT2D eigenvalue weighted by atomic mass is 15.3. The first kappa shape index (κ1) is 10.5. The molecule has 88 valence electrons. The SMILES string of the molecule is c1ccc(-c2n[nH]nc2CNCC2CC2)cc1. The fourth-order valence-corrected chi connectivity index (χ4v) is 1.92. The van der Waals surface area contributed by atoms with Crippen LogP contribution in [0.15, 0.2) is 30.3 Å². The summed E-state index contributed by atoms with van der Waals surface area (Å²) < 4.78 is 0. The zero-order valence-electron chi connectivity index (χ0n) is 9.69. The van der Waals surface area contributed by atoms with E-state index in [1.54, 1.807) is 0 Å². The van der Waals surface area contributed by atoms with E-state index in [2.05, 4.69) is 32.9 Å². The van der Waals surface area contributed by atoms with Crippen molar-refractivity contribution in [1.29, 1.82) is 0 Å². The summed E-state index contributed by atoms with van der Waals surface area (Å²) in [4.78, 5) is 0. The van der Waals surface area contributed by atoms with Crippen molar-refractivity contribution < 1.29 is 0 Å². The van der Waals surface area contributed by atoms with Gasteiger partial charge in [0, 0.05) is 12.1 Å². The summed E-state index contributed by atoms with van der Waals surface area (Å²) in [6.07, 6.45) is 2.74. The first-order valence-corrected chi connectivity index (χ1v) is 6.09. The molecule has 0 bridgehead atoms. The molecule has 1 aliphatic carbocycles. The van der Waals surface area contributed by atoms with Crippen molar-refractivity contribution >= 4 is 0 Å². The Morgan fingerprint density at radius 2 is 2.00 bits per heavy atom. The van der Waals surface area contributed by atoms with Crippen molar-refractivity contribution in [2.24, 2.45) is 5.92 Å². The smallest absolute Gasteiger partial charge is 0.117 e. The zero-order valence-corrected chi connectivity index (χ0v) is 9.69. The maximum absolute atomic E-state index is 4.22. The minimum Gasteiger partial charge on any atom is -0.311 e. The highest BCUT2D eigenvalue weighted by Gasteiger charge is 2.20. The number of H-pyrrole nitrogens is 1. The molecule has 0 unspecified atom stereocenters. The summed E-state index contributed by atoms with van der Waals surface area (Å²) in [6.45, 7) is 1.89. The zero-order chi connectivity index (χ0) is 11.5. The summed E-state index contributed by atoms with van der Waals surface area (Å²) in [5.41, 5.74) is 3.07. The predicted octanol–water partition coefficient (Wildman–Crippen LogP) is 1.97. The van der Waals surface area contributed by atoms with E-state index in [0.717, 1.165) is 36.0 Å². The minimum absolute atomic E-state index is 0.789. The van der Waals surface area contributed by atoms with Crippen molar-refractivity contribution in [3.8, 4) is 11.3 Å². The highest BCUT2D eigenvalue weighted by molar-refractivity contribution is 5.60. The lowest BCUT2D eigenvalue weighted by atomic mass is 10.1. The molecule has 2 N–H and O–H groups in total. The first-order valence-electron chi connectivity index (χ1n) is 6.09. The molecule has 4 heteroatoms. The van der Waals surface area contributed by atoms with E-state index in [4.69, 9.17) is 0 Å². The van der Waals surface area contributed by atoms with Gasteiger partial charge in [-0.25, -0.2) is 0 Å². The summed E-state index contributed by atoms with van der Waals surface area (Å²) in [6, 6.07) is 10.2. The average molecular weight is 228 g/mol. The molecule has 0 aliphatic heterocycles. The third kappa shape index (κ3) is 2.53. The lowest BCUT2D eigenvalue weighted by Gasteiger charge is -2.02. The number of nitrogens with zero attached hydrogens (tertiary/aromatic N) is 2. The largest absolute Gasteiger partial charge is 0.311 e. The molecule has 1 aromatic heterocycles. The predicted molar refractivity (Wildman–Crippen MR) is 66.2 cm³/mol. The van der Waals surface area contributed by atoms with Crippen LogP contribution in [0.2, 0.25) is 0 Å². The molecule has 1 fully saturated rings. The molecule has 1 aromatic carbocycles. The number of benzene rings is 1. The van der Waals surface area contributed by atoms with Crippen LogP contribution >= 0.6 is 0 Å². The van der Waals surface area contributed by atoms with Crippen LogP contribution in [0, 0.1) is 5.92 Å². The lowest BCUT2D eigenvalue weighted by molar-refractivity contribution is 0.629. The standard InChI is InChI=1S/C13H16N4/c1-2-4-11(5-3-1)13-12(15-17-16-13)9-14-8-10-6-7-10/h1-5,10,14H,6-9H2,(H,15,16,17). The summed E-state index contributed by atoms with van der Waals surface area (Å²) in [5.74, 6) is 0.891. The molecule has 0 saturated heterocycles. The van der Waals surface area contributed by atoms with Gasteiger partial charge >= 0.3 is 0 Å². The van der Waals surface area contributed by atoms with E-state index in [-0.39, 0.29) is 0 Å². The normalized spacial score (nSPS) is 15.1. The van der Waals surface area contributed by atoms with Crippen LogP contribution in [0.3, 0.4) is 0 Å². The molecule has 0 atom stereocenters. The van der Waals surface area contributed by atoms with E-state index in [0.29, 0.717) is 0 Å². The molecular weight excluding hydrogens is 212 g/mol. The van der Waals surface area contributed by atoms with Gasteiger partial charge in [0.05, 0.1) is 0 Å². The van der Waals surface area contributed by atoms with E-state index >= 15 is 0 Å². The van der Waals surface area contributed by atoms with Gasteiger partial charge < -0.3 is 5.32 Å². The van der Waals surface area contributed by atoms with E-state index in [1.165, 1.54) is 12.8 Å². The van der Waals surface area contributed by atoms with Gasteiger partial charge in [-0.1, -0.05) is 30.3 Å². The Hall–Kier alpha value is -1.68. The monoisotopic (exact) mass is 228 g/mol. The van der Waals surface area contributed by atoms with Crippen LogP contribution in [0.4, 0.5) is 0 Å². The van der Waals surface area contributed by atoms with Crippen LogP contribution in [0.25, 0.3) is 11.3 Å². The van der Waals surface area contributed by atoms with E-state index in [1.807, 2.05) is 18.2 Å². The lowest BCUT2D eigenvalue weighted by Crippen LogP contribution is -2.16. The molecule has 17 heavy (non-hydrogen) atoms. The molecule has 1 heterocycles. The molecule has 0 amide bonds. The Balaban J connectivity index is 1.70. The van der Waals surface area contributed by atoms with Gasteiger partial charge in [0.25, 0.3) is 0 Å². The molecule has 0 radical (unpaired) electrons. The summed E-state index contributed by atoms with van der Waals surface area (Å²) >= 11 is 0. The molecular formula is C13H16N4. The number of aromatic nitrogens is 3. The Bertz CT molecular complexity index is 473. The topological polar surface area (TPSA) is 53.6 Å². The van der Waals surface area contributed by atoms with Crippen molar-refractivity contribution in [3.05, 3.63) is 36.0 Å². The van der Waals surface area contributed by atoms with Crippen LogP contribution in [-0.4, -0.2) is 22.0 Å². The van der Waals surface area contributed by atoms with E-state index in [9.17, 15) is 0 Å². The molecule has 0 spiro atoms. The fourth-order valence-electron chi connectivity index (χ4n) is 1.92. The van der Waals surface area contributed by atoms with Gasteiger partial charge in [0.2, 0.25) is 0 Å². The van der Waals surface area contributed by atoms with Crippen molar-refractivity contribution in [1.82, 2.24) is 20.7 Å².